The number of carbonyl (C=O) groups is 2. The number of likely N-dealkylation sites (N-methyl/N-ethyl adjacent to an activating group) is 1. The number of nitrogens with one attached hydrogen (secondary N) is 1. The van der Waals surface area contributed by atoms with Crippen LogP contribution >= 0.6 is 0 Å². The van der Waals surface area contributed by atoms with E-state index in [-0.39, 0.29) is 24.9 Å². The third-order valence-corrected chi connectivity index (χ3v) is 8.52. The molecule has 0 radical (unpaired) electrons. The van der Waals surface area contributed by atoms with E-state index in [0.29, 0.717) is 18.5 Å². The second kappa shape index (κ2) is 8.04. The van der Waals surface area contributed by atoms with E-state index in [0.717, 1.165) is 0 Å². The van der Waals surface area contributed by atoms with Crippen molar-refractivity contribution in [3.8, 4) is 0 Å². The Balaban J connectivity index is 1.89. The number of methoxy groups -OCH3 is 1. The number of benzene rings is 1. The van der Waals surface area contributed by atoms with Crippen molar-refractivity contribution < 1.29 is 22.7 Å². The predicted molar refractivity (Wildman–Crippen MR) is 110 cm³/mol. The van der Waals surface area contributed by atoms with Crippen LogP contribution in [0.2, 0.25) is 0 Å². The smallest absolute Gasteiger partial charge is 0.252 e. The number of rotatable bonds is 5. The van der Waals surface area contributed by atoms with Crippen molar-refractivity contribution in [2.75, 3.05) is 32.6 Å². The van der Waals surface area contributed by atoms with E-state index < -0.39 is 32.8 Å². The monoisotopic (exact) mass is 423 g/mol. The van der Waals surface area contributed by atoms with Crippen LogP contribution < -0.4 is 5.32 Å². The zero-order chi connectivity index (χ0) is 21.4. The van der Waals surface area contributed by atoms with Gasteiger partial charge in [0.15, 0.2) is 0 Å². The van der Waals surface area contributed by atoms with Gasteiger partial charge in [-0.3, -0.25) is 9.59 Å². The lowest BCUT2D eigenvalue weighted by Gasteiger charge is -2.45. The Morgan fingerprint density at radius 2 is 1.79 bits per heavy atom. The first-order valence-corrected chi connectivity index (χ1v) is 11.3. The standard InChI is InChI=1S/C20H29N3O5S/c1-14(2)29(26,27)23-12-10-20(11-13-23)16(17(28-4)19(25)22(20)3)18(24)21-15-8-6-5-7-9-15/h5-9,14,16-17H,10-13H2,1-4H3,(H,21,24)/t16-,17+/m0/s1. The summed E-state index contributed by atoms with van der Waals surface area (Å²) < 4.78 is 32.0. The van der Waals surface area contributed by atoms with Crippen LogP contribution in [-0.4, -0.2) is 73.6 Å². The van der Waals surface area contributed by atoms with E-state index in [4.69, 9.17) is 4.74 Å². The SMILES string of the molecule is CO[C@H]1C(=O)N(C)C2(CCN(S(=O)(=O)C(C)C)CC2)[C@@H]1C(=O)Nc1ccccc1. The van der Waals surface area contributed by atoms with Gasteiger partial charge < -0.3 is 15.0 Å². The maximum absolute atomic E-state index is 13.2. The Hall–Kier alpha value is -1.97. The first kappa shape index (κ1) is 21.7. The van der Waals surface area contributed by atoms with Crippen molar-refractivity contribution in [1.82, 2.24) is 9.21 Å². The highest BCUT2D eigenvalue weighted by molar-refractivity contribution is 7.89. The van der Waals surface area contributed by atoms with E-state index in [1.807, 2.05) is 18.2 Å². The van der Waals surface area contributed by atoms with Gasteiger partial charge in [0.25, 0.3) is 5.91 Å². The van der Waals surface area contributed by atoms with Crippen molar-refractivity contribution in [2.24, 2.45) is 5.92 Å². The minimum absolute atomic E-state index is 0.249. The molecule has 0 aliphatic carbocycles. The molecule has 1 aromatic rings. The molecule has 9 heteroatoms. The summed E-state index contributed by atoms with van der Waals surface area (Å²) in [4.78, 5) is 27.7. The van der Waals surface area contributed by atoms with Crippen LogP contribution in [0.25, 0.3) is 0 Å². The van der Waals surface area contributed by atoms with Gasteiger partial charge in [-0.05, 0) is 38.8 Å². The third-order valence-electron chi connectivity index (χ3n) is 6.25. The predicted octanol–water partition coefficient (Wildman–Crippen LogP) is 1.30. The van der Waals surface area contributed by atoms with Crippen molar-refractivity contribution in [1.29, 1.82) is 0 Å². The molecule has 0 saturated carbocycles. The van der Waals surface area contributed by atoms with Gasteiger partial charge in [-0.2, -0.15) is 0 Å². The lowest BCUT2D eigenvalue weighted by molar-refractivity contribution is -0.138. The molecule has 1 aromatic carbocycles. The van der Waals surface area contributed by atoms with Crippen LogP contribution in [0.4, 0.5) is 5.69 Å². The van der Waals surface area contributed by atoms with Gasteiger partial charge in [0.1, 0.15) is 6.10 Å². The van der Waals surface area contributed by atoms with Gasteiger partial charge in [-0.25, -0.2) is 12.7 Å². The van der Waals surface area contributed by atoms with Crippen molar-refractivity contribution in [2.45, 2.75) is 43.6 Å². The molecule has 2 fully saturated rings. The molecule has 2 aliphatic rings. The molecule has 8 nitrogen and oxygen atoms in total. The van der Waals surface area contributed by atoms with E-state index in [1.165, 1.54) is 11.4 Å². The molecule has 2 aliphatic heterocycles. The number of anilines is 1. The molecule has 160 valence electrons. The number of piperidine rings is 1. The summed E-state index contributed by atoms with van der Waals surface area (Å²) in [5.41, 5.74) is -0.135. The van der Waals surface area contributed by atoms with Gasteiger partial charge >= 0.3 is 0 Å². The Labute approximate surface area is 172 Å². The van der Waals surface area contributed by atoms with Crippen molar-refractivity contribution >= 4 is 27.5 Å². The van der Waals surface area contributed by atoms with Gasteiger partial charge in [0.2, 0.25) is 15.9 Å². The fraction of sp³-hybridized carbons (Fsp3) is 0.600. The molecule has 29 heavy (non-hydrogen) atoms. The highest BCUT2D eigenvalue weighted by Crippen LogP contribution is 2.44. The number of amides is 2. The highest BCUT2D eigenvalue weighted by atomic mass is 32.2. The minimum Gasteiger partial charge on any atom is -0.371 e. The maximum atomic E-state index is 13.2. The van der Waals surface area contributed by atoms with E-state index >= 15 is 0 Å². The molecule has 0 unspecified atom stereocenters. The first-order valence-electron chi connectivity index (χ1n) is 9.80. The summed E-state index contributed by atoms with van der Waals surface area (Å²) in [6, 6.07) is 9.06. The summed E-state index contributed by atoms with van der Waals surface area (Å²) in [5, 5.41) is 2.38. The molecule has 2 atom stereocenters. The van der Waals surface area contributed by atoms with Gasteiger partial charge in [0, 0.05) is 32.9 Å². The normalized spacial score (nSPS) is 25.0. The zero-order valence-corrected chi connectivity index (χ0v) is 18.1. The zero-order valence-electron chi connectivity index (χ0n) is 17.3. The topological polar surface area (TPSA) is 96.0 Å². The van der Waals surface area contributed by atoms with Crippen molar-refractivity contribution in [3.63, 3.8) is 0 Å². The van der Waals surface area contributed by atoms with E-state index in [9.17, 15) is 18.0 Å². The van der Waals surface area contributed by atoms with Crippen LogP contribution in [0.5, 0.6) is 0 Å². The number of sulfonamides is 1. The number of para-hydroxylation sites is 1. The molecule has 2 heterocycles. The van der Waals surface area contributed by atoms with Crippen LogP contribution in [0.1, 0.15) is 26.7 Å². The second-order valence-electron chi connectivity index (χ2n) is 7.98. The number of hydrogen-bond acceptors (Lipinski definition) is 5. The molecule has 2 amide bonds. The molecular formula is C20H29N3O5S. The highest BCUT2D eigenvalue weighted by Gasteiger charge is 2.61. The third kappa shape index (κ3) is 3.67. The van der Waals surface area contributed by atoms with E-state index in [2.05, 4.69) is 5.32 Å². The Kier molecular flexibility index (Phi) is 6.03. The summed E-state index contributed by atoms with van der Waals surface area (Å²) >= 11 is 0. The number of likely N-dealkylation sites (tertiary alicyclic amines) is 1. The number of hydrogen-bond donors (Lipinski definition) is 1. The minimum atomic E-state index is -3.38. The van der Waals surface area contributed by atoms with Crippen molar-refractivity contribution in [3.05, 3.63) is 30.3 Å². The maximum Gasteiger partial charge on any atom is 0.252 e. The molecule has 3 rings (SSSR count). The number of ether oxygens (including phenoxy) is 1. The largest absolute Gasteiger partial charge is 0.371 e. The molecule has 0 aromatic heterocycles. The van der Waals surface area contributed by atoms with E-state index in [1.54, 1.807) is 37.9 Å². The quantitative estimate of drug-likeness (QED) is 0.770. The summed E-state index contributed by atoms with van der Waals surface area (Å²) in [6.45, 7) is 3.84. The van der Waals surface area contributed by atoms with Crippen LogP contribution in [0.3, 0.4) is 0 Å². The second-order valence-corrected chi connectivity index (χ2v) is 10.5. The Morgan fingerprint density at radius 3 is 2.31 bits per heavy atom. The van der Waals surface area contributed by atoms with Gasteiger partial charge in [0.05, 0.1) is 16.7 Å². The van der Waals surface area contributed by atoms with Crippen LogP contribution in [0.15, 0.2) is 30.3 Å². The average molecular weight is 424 g/mol. The summed E-state index contributed by atoms with van der Waals surface area (Å²) in [5.74, 6) is -1.27. The summed E-state index contributed by atoms with van der Waals surface area (Å²) in [7, 11) is -0.280. The lowest BCUT2D eigenvalue weighted by atomic mass is 9.76. The fourth-order valence-corrected chi connectivity index (χ4v) is 5.76. The molecule has 2 saturated heterocycles. The summed E-state index contributed by atoms with van der Waals surface area (Å²) in [6.07, 6.45) is -0.126. The van der Waals surface area contributed by atoms with Gasteiger partial charge in [-0.15, -0.1) is 0 Å². The van der Waals surface area contributed by atoms with Gasteiger partial charge in [-0.1, -0.05) is 18.2 Å². The Bertz CT molecular complexity index is 863. The first-order chi connectivity index (χ1) is 13.6. The van der Waals surface area contributed by atoms with Crippen LogP contribution in [0, 0.1) is 5.92 Å². The molecule has 1 spiro atoms. The lowest BCUT2D eigenvalue weighted by Crippen LogP contribution is -2.58. The number of carbonyl (C=O) groups excluding carboxylic acids is 2. The van der Waals surface area contributed by atoms with Crippen LogP contribution in [-0.2, 0) is 24.3 Å². The average Bonchev–Trinajstić information content (AvgIpc) is 2.90. The molecule has 0 bridgehead atoms. The fourth-order valence-electron chi connectivity index (χ4n) is 4.48. The Morgan fingerprint density at radius 1 is 1.21 bits per heavy atom. The molecular weight excluding hydrogens is 394 g/mol. The number of nitrogens with zero attached hydrogens (tertiary/aromatic N) is 2. The molecule has 1 N–H and O–H groups in total.